The second-order valence-electron chi connectivity index (χ2n) is 8.21. The van der Waals surface area contributed by atoms with Crippen LogP contribution in [0.3, 0.4) is 0 Å². The van der Waals surface area contributed by atoms with Crippen molar-refractivity contribution in [2.24, 2.45) is 4.99 Å². The van der Waals surface area contributed by atoms with Gasteiger partial charge in [0.1, 0.15) is 5.84 Å². The number of rotatable bonds is 2. The number of para-hydroxylation sites is 1. The van der Waals surface area contributed by atoms with Crippen LogP contribution in [0, 0.1) is 27.4 Å². The summed E-state index contributed by atoms with van der Waals surface area (Å²) in [5, 5.41) is 0. The first-order valence-corrected chi connectivity index (χ1v) is 11.7. The third-order valence-electron chi connectivity index (χ3n) is 5.99. The molecule has 3 nitrogen and oxygen atoms in total. The number of benzene rings is 3. The number of halogens is 1. The Bertz CT molecular complexity index is 1090. The molecule has 0 saturated carbocycles. The number of nitrogens with zero attached hydrogens (tertiary/aromatic N) is 3. The monoisotopic (exact) mass is 478 g/mol. The van der Waals surface area contributed by atoms with Gasteiger partial charge in [-0.25, -0.2) is 0 Å². The van der Waals surface area contributed by atoms with Gasteiger partial charge in [-0.2, -0.15) is 0 Å². The summed E-state index contributed by atoms with van der Waals surface area (Å²) >= 11 is 3.66. The summed E-state index contributed by atoms with van der Waals surface area (Å²) in [5.74, 6) is 1.07. The van der Waals surface area contributed by atoms with Crippen LogP contribution >= 0.6 is 10.1 Å². The van der Waals surface area contributed by atoms with E-state index in [2.05, 4.69) is 136 Å². The van der Waals surface area contributed by atoms with Crippen molar-refractivity contribution in [2.45, 2.75) is 39.8 Å². The number of hydrogen-bond acceptors (Lipinski definition) is 3. The standard InChI is InChI=1S/C26H26N3.ClH.Cu/c1-17-14-18(2)24(19(3)15-17)28-16-29-25(21-10-6-5-7-11-21)20(4)27-26(29)22-12-8-9-13-23(22)28;;/h5-16,20,25H,1-4H3;1H;/q-1;;+2/p-1/t20-,25+;;/m0../s1. The van der Waals surface area contributed by atoms with Crippen LogP contribution in [0.1, 0.15) is 40.8 Å². The van der Waals surface area contributed by atoms with Crippen molar-refractivity contribution in [1.29, 1.82) is 0 Å². The maximum atomic E-state index is 5.08. The summed E-state index contributed by atoms with van der Waals surface area (Å²) in [6, 6.07) is 24.3. The topological polar surface area (TPSA) is 18.8 Å². The molecule has 0 aromatic heterocycles. The van der Waals surface area contributed by atoms with E-state index in [1.807, 2.05) is 0 Å². The van der Waals surface area contributed by atoms with Gasteiger partial charge >= 0.3 is 25.2 Å². The molecule has 2 aliphatic heterocycles. The Morgan fingerprint density at radius 1 is 0.903 bits per heavy atom. The van der Waals surface area contributed by atoms with E-state index in [9.17, 15) is 0 Å². The number of aryl methyl sites for hydroxylation is 3. The normalized spacial score (nSPS) is 19.3. The first-order chi connectivity index (χ1) is 15.0. The van der Waals surface area contributed by atoms with Crippen molar-refractivity contribution in [3.8, 4) is 0 Å². The van der Waals surface area contributed by atoms with Crippen LogP contribution in [-0.4, -0.2) is 16.8 Å². The van der Waals surface area contributed by atoms with Crippen LogP contribution in [0.2, 0.25) is 0 Å². The summed E-state index contributed by atoms with van der Waals surface area (Å²) in [7, 11) is 4.20. The average Bonchev–Trinajstić information content (AvgIpc) is 3.11. The van der Waals surface area contributed by atoms with Crippen molar-refractivity contribution in [3.05, 3.63) is 101 Å². The molecule has 0 aliphatic carbocycles. The van der Waals surface area contributed by atoms with Gasteiger partial charge in [0, 0.05) is 16.9 Å². The molecule has 0 fully saturated rings. The summed E-state index contributed by atoms with van der Waals surface area (Å²) in [4.78, 5) is 9.80. The molecule has 2 heterocycles. The van der Waals surface area contributed by atoms with E-state index in [1.165, 1.54) is 39.2 Å². The van der Waals surface area contributed by atoms with Gasteiger partial charge in [0.15, 0.2) is 0 Å². The van der Waals surface area contributed by atoms with Gasteiger partial charge in [-0.3, -0.25) is 4.99 Å². The molecule has 0 saturated heterocycles. The van der Waals surface area contributed by atoms with E-state index in [0.29, 0.717) is 0 Å². The fourth-order valence-corrected chi connectivity index (χ4v) is 4.91. The van der Waals surface area contributed by atoms with Crippen molar-refractivity contribution in [3.63, 3.8) is 0 Å². The molecule has 5 rings (SSSR count). The van der Waals surface area contributed by atoms with Crippen LogP contribution in [0.5, 0.6) is 0 Å². The molecular formula is C26H26ClCuN3. The van der Waals surface area contributed by atoms with Crippen LogP contribution in [0.15, 0.2) is 71.7 Å². The van der Waals surface area contributed by atoms with Gasteiger partial charge < -0.3 is 9.80 Å². The minimum absolute atomic E-state index is 0.192. The van der Waals surface area contributed by atoms with Crippen molar-refractivity contribution < 1.29 is 15.1 Å². The van der Waals surface area contributed by atoms with Crippen molar-refractivity contribution in [1.82, 2.24) is 4.90 Å². The number of aliphatic imine (C=N–C) groups is 1. The van der Waals surface area contributed by atoms with Crippen molar-refractivity contribution >= 4 is 27.3 Å². The fourth-order valence-electron chi connectivity index (χ4n) is 4.91. The molecule has 3 aromatic carbocycles. The van der Waals surface area contributed by atoms with E-state index < -0.39 is 0 Å². The molecule has 0 amide bonds. The van der Waals surface area contributed by atoms with Gasteiger partial charge in [0.25, 0.3) is 0 Å². The molecule has 0 N–H and O–H groups in total. The van der Waals surface area contributed by atoms with Gasteiger partial charge in [-0.1, -0.05) is 60.2 Å². The third kappa shape index (κ3) is 3.89. The second-order valence-corrected chi connectivity index (χ2v) is 8.21. The Morgan fingerprint density at radius 2 is 1.52 bits per heavy atom. The number of amidine groups is 1. The predicted molar refractivity (Wildman–Crippen MR) is 126 cm³/mol. The summed E-state index contributed by atoms with van der Waals surface area (Å²) in [6.45, 7) is 11.0. The number of fused-ring (bicyclic) bond motifs is 3. The molecule has 5 heteroatoms. The Kier molecular flexibility index (Phi) is 6.43. The first-order valence-electron chi connectivity index (χ1n) is 10.4. The van der Waals surface area contributed by atoms with Crippen molar-refractivity contribution in [2.75, 3.05) is 4.90 Å². The van der Waals surface area contributed by atoms with E-state index in [1.54, 1.807) is 0 Å². The van der Waals surface area contributed by atoms with E-state index in [-0.39, 0.29) is 12.1 Å². The molecule has 31 heavy (non-hydrogen) atoms. The minimum atomic E-state index is 0.192. The zero-order chi connectivity index (χ0) is 22.1. The molecule has 2 atom stereocenters. The molecule has 0 unspecified atom stereocenters. The zero-order valence-electron chi connectivity index (χ0n) is 18.1. The van der Waals surface area contributed by atoms with Gasteiger partial charge in [-0.05, 0) is 56.5 Å². The first kappa shape index (κ1) is 22.0. The SMILES string of the molecule is Cc1cc(C)c(N2[CH-]N3C(=N[C@@H](C)[C@@H]3c3ccccc3)c3ccccc32)c(C)c1.[Cl][Cu+]. The Morgan fingerprint density at radius 3 is 2.19 bits per heavy atom. The molecule has 0 bridgehead atoms. The van der Waals surface area contributed by atoms with Gasteiger partial charge in [0.2, 0.25) is 0 Å². The van der Waals surface area contributed by atoms with Gasteiger partial charge in [-0.15, -0.1) is 6.67 Å². The van der Waals surface area contributed by atoms with Crippen LogP contribution in [-0.2, 0) is 15.1 Å². The Balaban J connectivity index is 0.00000112. The molecule has 0 radical (unpaired) electrons. The number of anilines is 2. The molecule has 163 valence electrons. The second kappa shape index (κ2) is 9.08. The quantitative estimate of drug-likeness (QED) is 0.299. The predicted octanol–water partition coefficient (Wildman–Crippen LogP) is 6.76. The van der Waals surface area contributed by atoms with E-state index in [4.69, 9.17) is 4.99 Å². The maximum absolute atomic E-state index is 5.08. The number of hydrogen-bond donors (Lipinski definition) is 0. The van der Waals surface area contributed by atoms with Crippen LogP contribution in [0.4, 0.5) is 11.4 Å². The van der Waals surface area contributed by atoms with Crippen LogP contribution in [0.25, 0.3) is 0 Å². The van der Waals surface area contributed by atoms with Crippen LogP contribution < -0.4 is 4.90 Å². The molecule has 3 aromatic rings. The average molecular weight is 480 g/mol. The Labute approximate surface area is 197 Å². The zero-order valence-corrected chi connectivity index (χ0v) is 19.8. The molecule has 2 aliphatic rings. The third-order valence-corrected chi connectivity index (χ3v) is 5.99. The summed E-state index contributed by atoms with van der Waals surface area (Å²) in [6.07, 6.45) is 0. The van der Waals surface area contributed by atoms with E-state index >= 15 is 0 Å². The summed E-state index contributed by atoms with van der Waals surface area (Å²) in [5.41, 5.74) is 8.82. The molecule has 0 spiro atoms. The Hall–Kier alpha value is -2.26. The molecular weight excluding hydrogens is 453 g/mol. The van der Waals surface area contributed by atoms with Gasteiger partial charge in [0.05, 0.1) is 12.1 Å². The fraction of sp³-hybridized carbons (Fsp3) is 0.231. The summed E-state index contributed by atoms with van der Waals surface area (Å²) < 4.78 is 0. The van der Waals surface area contributed by atoms with E-state index in [0.717, 1.165) is 5.84 Å².